The third kappa shape index (κ3) is 2.56. The van der Waals surface area contributed by atoms with E-state index in [0.717, 1.165) is 0 Å². The fraction of sp³-hybridized carbons (Fsp3) is 0.556. The van der Waals surface area contributed by atoms with Crippen LogP contribution < -0.4 is 5.73 Å². The molecule has 2 N–H and O–H groups in total. The van der Waals surface area contributed by atoms with Gasteiger partial charge in [0.15, 0.2) is 9.84 Å². The Bertz CT molecular complexity index is 368. The Morgan fingerprint density at radius 2 is 2.14 bits per heavy atom. The van der Waals surface area contributed by atoms with Crippen LogP contribution >= 0.6 is 11.3 Å². The Morgan fingerprint density at radius 1 is 1.50 bits per heavy atom. The lowest BCUT2D eigenvalue weighted by molar-refractivity contribution is 0.565. The van der Waals surface area contributed by atoms with E-state index < -0.39 is 15.1 Å². The van der Waals surface area contributed by atoms with Crippen molar-refractivity contribution in [3.05, 3.63) is 17.5 Å². The first kappa shape index (κ1) is 11.7. The molecule has 1 heterocycles. The monoisotopic (exact) mass is 233 g/mol. The van der Waals surface area contributed by atoms with Crippen LogP contribution in [0.5, 0.6) is 0 Å². The van der Waals surface area contributed by atoms with Crippen LogP contribution in [0.1, 0.15) is 20.3 Å². The van der Waals surface area contributed by atoms with Crippen molar-refractivity contribution in [2.75, 3.05) is 0 Å². The zero-order valence-electron chi connectivity index (χ0n) is 8.30. The lowest BCUT2D eigenvalue weighted by atomic mass is 10.2. The Hall–Kier alpha value is -0.390. The molecule has 0 aromatic carbocycles. The maximum atomic E-state index is 11.9. The minimum atomic E-state index is -3.15. The summed E-state index contributed by atoms with van der Waals surface area (Å²) in [7, 11) is -3.15. The lowest BCUT2D eigenvalue weighted by Gasteiger charge is -2.13. The van der Waals surface area contributed by atoms with Gasteiger partial charge in [0.2, 0.25) is 0 Å². The van der Waals surface area contributed by atoms with E-state index in [4.69, 9.17) is 5.73 Å². The van der Waals surface area contributed by atoms with Gasteiger partial charge in [-0.2, -0.15) is 0 Å². The van der Waals surface area contributed by atoms with Gasteiger partial charge in [0.25, 0.3) is 0 Å². The van der Waals surface area contributed by atoms with Crippen molar-refractivity contribution in [2.45, 2.75) is 35.8 Å². The van der Waals surface area contributed by atoms with E-state index in [1.807, 2.05) is 6.92 Å². The molecule has 0 aliphatic rings. The van der Waals surface area contributed by atoms with Gasteiger partial charge in [-0.1, -0.05) is 6.07 Å². The van der Waals surface area contributed by atoms with Crippen molar-refractivity contribution in [3.8, 4) is 0 Å². The molecule has 2 atom stereocenters. The number of hydrogen-bond donors (Lipinski definition) is 1. The standard InChI is InChI=1S/C9H15NO2S2/c1-7(10)6-8(2)14(11,12)9-4-3-5-13-9/h3-5,7-8H,6,10H2,1-2H3. The second kappa shape index (κ2) is 4.42. The van der Waals surface area contributed by atoms with Crippen molar-refractivity contribution in [3.63, 3.8) is 0 Å². The SMILES string of the molecule is CC(N)CC(C)S(=O)(=O)c1cccs1. The molecule has 14 heavy (non-hydrogen) atoms. The van der Waals surface area contributed by atoms with Gasteiger partial charge in [-0.05, 0) is 31.7 Å². The molecule has 0 bridgehead atoms. The van der Waals surface area contributed by atoms with E-state index in [9.17, 15) is 8.42 Å². The van der Waals surface area contributed by atoms with E-state index in [-0.39, 0.29) is 6.04 Å². The van der Waals surface area contributed by atoms with E-state index in [2.05, 4.69) is 0 Å². The van der Waals surface area contributed by atoms with Gasteiger partial charge >= 0.3 is 0 Å². The van der Waals surface area contributed by atoms with Gasteiger partial charge < -0.3 is 5.73 Å². The zero-order chi connectivity index (χ0) is 10.8. The molecular weight excluding hydrogens is 218 g/mol. The highest BCUT2D eigenvalue weighted by Gasteiger charge is 2.24. The Kier molecular flexibility index (Phi) is 3.69. The van der Waals surface area contributed by atoms with Crippen molar-refractivity contribution in [1.82, 2.24) is 0 Å². The fourth-order valence-corrected chi connectivity index (χ4v) is 4.14. The van der Waals surface area contributed by atoms with Crippen LogP contribution in [-0.2, 0) is 9.84 Å². The van der Waals surface area contributed by atoms with Crippen LogP contribution in [-0.4, -0.2) is 19.7 Å². The van der Waals surface area contributed by atoms with Crippen LogP contribution in [0.25, 0.3) is 0 Å². The van der Waals surface area contributed by atoms with E-state index in [1.165, 1.54) is 11.3 Å². The molecule has 3 nitrogen and oxygen atoms in total. The van der Waals surface area contributed by atoms with Crippen molar-refractivity contribution < 1.29 is 8.42 Å². The third-order valence-electron chi connectivity index (χ3n) is 2.01. The minimum absolute atomic E-state index is 0.0836. The third-order valence-corrected chi connectivity index (χ3v) is 5.60. The molecular formula is C9H15NO2S2. The van der Waals surface area contributed by atoms with Crippen molar-refractivity contribution in [2.24, 2.45) is 5.73 Å². The van der Waals surface area contributed by atoms with Crippen molar-refractivity contribution in [1.29, 1.82) is 0 Å². The number of thiophene rings is 1. The normalized spacial score (nSPS) is 16.5. The fourth-order valence-electron chi connectivity index (χ4n) is 1.27. The first-order valence-electron chi connectivity index (χ1n) is 4.47. The Morgan fingerprint density at radius 3 is 2.57 bits per heavy atom. The molecule has 0 fully saturated rings. The largest absolute Gasteiger partial charge is 0.328 e. The zero-order valence-corrected chi connectivity index (χ0v) is 9.94. The minimum Gasteiger partial charge on any atom is -0.328 e. The summed E-state index contributed by atoms with van der Waals surface area (Å²) in [4.78, 5) is 0. The highest BCUT2D eigenvalue weighted by molar-refractivity contribution is 7.94. The molecule has 80 valence electrons. The molecule has 2 unspecified atom stereocenters. The summed E-state index contributed by atoms with van der Waals surface area (Å²) in [5.74, 6) is 0. The predicted molar refractivity (Wildman–Crippen MR) is 59.2 cm³/mol. The molecule has 5 heteroatoms. The molecule has 0 spiro atoms. The highest BCUT2D eigenvalue weighted by Crippen LogP contribution is 2.23. The Balaban J connectivity index is 2.86. The summed E-state index contributed by atoms with van der Waals surface area (Å²) < 4.78 is 24.2. The van der Waals surface area contributed by atoms with Crippen LogP contribution in [0.4, 0.5) is 0 Å². The number of sulfone groups is 1. The summed E-state index contributed by atoms with van der Waals surface area (Å²) in [6.45, 7) is 3.53. The van der Waals surface area contributed by atoms with E-state index in [1.54, 1.807) is 24.4 Å². The maximum absolute atomic E-state index is 11.9. The smallest absolute Gasteiger partial charge is 0.190 e. The molecule has 0 radical (unpaired) electrons. The van der Waals surface area contributed by atoms with Crippen LogP contribution in [0, 0.1) is 0 Å². The summed E-state index contributed by atoms with van der Waals surface area (Å²) in [6, 6.07) is 3.30. The van der Waals surface area contributed by atoms with Crippen LogP contribution in [0.3, 0.4) is 0 Å². The first-order chi connectivity index (χ1) is 6.44. The lowest BCUT2D eigenvalue weighted by Crippen LogP contribution is -2.26. The summed E-state index contributed by atoms with van der Waals surface area (Å²) in [6.07, 6.45) is 0.500. The maximum Gasteiger partial charge on any atom is 0.190 e. The van der Waals surface area contributed by atoms with Gasteiger partial charge in [-0.25, -0.2) is 8.42 Å². The highest BCUT2D eigenvalue weighted by atomic mass is 32.2. The molecule has 0 amide bonds. The van der Waals surface area contributed by atoms with Crippen molar-refractivity contribution >= 4 is 21.2 Å². The van der Waals surface area contributed by atoms with Crippen LogP contribution in [0.15, 0.2) is 21.7 Å². The van der Waals surface area contributed by atoms with Crippen LogP contribution in [0.2, 0.25) is 0 Å². The summed E-state index contributed by atoms with van der Waals surface area (Å²) in [5, 5.41) is 1.37. The predicted octanol–water partition coefficient (Wildman–Crippen LogP) is 1.65. The average Bonchev–Trinajstić information content (AvgIpc) is 2.54. The molecule has 0 aliphatic heterocycles. The van der Waals surface area contributed by atoms with E-state index in [0.29, 0.717) is 10.6 Å². The molecule has 0 aliphatic carbocycles. The summed E-state index contributed by atoms with van der Waals surface area (Å²) >= 11 is 1.26. The van der Waals surface area contributed by atoms with Gasteiger partial charge in [0.1, 0.15) is 4.21 Å². The number of rotatable bonds is 4. The summed E-state index contributed by atoms with van der Waals surface area (Å²) in [5.41, 5.74) is 5.58. The quantitative estimate of drug-likeness (QED) is 0.860. The second-order valence-electron chi connectivity index (χ2n) is 3.50. The van der Waals surface area contributed by atoms with Gasteiger partial charge in [-0.3, -0.25) is 0 Å². The van der Waals surface area contributed by atoms with E-state index >= 15 is 0 Å². The number of hydrogen-bond acceptors (Lipinski definition) is 4. The van der Waals surface area contributed by atoms with Gasteiger partial charge in [0.05, 0.1) is 5.25 Å². The van der Waals surface area contributed by atoms with Gasteiger partial charge in [-0.15, -0.1) is 11.3 Å². The molecule has 0 saturated carbocycles. The molecule has 1 aromatic heterocycles. The number of nitrogens with two attached hydrogens (primary N) is 1. The molecule has 1 aromatic rings. The Labute approximate surface area is 88.9 Å². The second-order valence-corrected chi connectivity index (χ2v) is 7.04. The average molecular weight is 233 g/mol. The van der Waals surface area contributed by atoms with Gasteiger partial charge in [0, 0.05) is 6.04 Å². The topological polar surface area (TPSA) is 60.2 Å². The first-order valence-corrected chi connectivity index (χ1v) is 6.90. The molecule has 1 rings (SSSR count). The molecule has 0 saturated heterocycles.